The standard InChI is InChI=1S/C16H17NO6S/c1-8-6-11(24-12(16(20)21)7-13(18)19)14-9(22-2)4-5-10(23-3)15(14)17-8/h4-6,12H,7H2,1-3H3,(H,18,19)(H,20,21)/t12-/m0/s1. The highest BCUT2D eigenvalue weighted by molar-refractivity contribution is 8.00. The average molecular weight is 351 g/mol. The lowest BCUT2D eigenvalue weighted by Crippen LogP contribution is -2.20. The number of methoxy groups -OCH3 is 2. The third kappa shape index (κ3) is 3.70. The molecule has 0 fully saturated rings. The Labute approximate surface area is 142 Å². The molecule has 0 amide bonds. The highest BCUT2D eigenvalue weighted by Crippen LogP contribution is 2.40. The number of benzene rings is 1. The first kappa shape index (κ1) is 17.9. The van der Waals surface area contributed by atoms with Crippen LogP contribution in [0.5, 0.6) is 11.5 Å². The van der Waals surface area contributed by atoms with E-state index < -0.39 is 23.6 Å². The van der Waals surface area contributed by atoms with E-state index in [1.807, 2.05) is 0 Å². The molecule has 128 valence electrons. The summed E-state index contributed by atoms with van der Waals surface area (Å²) in [4.78, 5) is 27.3. The number of carbonyl (C=O) groups is 2. The molecule has 0 spiro atoms. The summed E-state index contributed by atoms with van der Waals surface area (Å²) < 4.78 is 10.7. The van der Waals surface area contributed by atoms with Crippen LogP contribution in [0, 0.1) is 6.92 Å². The number of carboxylic acid groups (broad SMARTS) is 2. The molecule has 0 saturated heterocycles. The van der Waals surface area contributed by atoms with Gasteiger partial charge in [0.05, 0.1) is 26.0 Å². The molecule has 2 aromatic rings. The van der Waals surface area contributed by atoms with Crippen molar-refractivity contribution in [2.75, 3.05) is 14.2 Å². The van der Waals surface area contributed by atoms with Crippen LogP contribution in [0.15, 0.2) is 23.1 Å². The fourth-order valence-corrected chi connectivity index (χ4v) is 3.48. The van der Waals surface area contributed by atoms with E-state index in [0.717, 1.165) is 11.8 Å². The van der Waals surface area contributed by atoms with Crippen LogP contribution in [0.3, 0.4) is 0 Å². The lowest BCUT2D eigenvalue weighted by atomic mass is 10.1. The molecule has 7 nitrogen and oxygen atoms in total. The zero-order chi connectivity index (χ0) is 17.9. The normalized spacial score (nSPS) is 12.0. The predicted molar refractivity (Wildman–Crippen MR) is 89.1 cm³/mol. The predicted octanol–water partition coefficient (Wildman–Crippen LogP) is 2.58. The van der Waals surface area contributed by atoms with Gasteiger partial charge in [0.15, 0.2) is 0 Å². The van der Waals surface area contributed by atoms with E-state index in [9.17, 15) is 14.7 Å². The van der Waals surface area contributed by atoms with Crippen LogP contribution in [0.2, 0.25) is 0 Å². The smallest absolute Gasteiger partial charge is 0.317 e. The molecule has 2 rings (SSSR count). The Kier molecular flexibility index (Phi) is 5.50. The van der Waals surface area contributed by atoms with Crippen molar-refractivity contribution in [2.45, 2.75) is 23.5 Å². The van der Waals surface area contributed by atoms with E-state index in [1.165, 1.54) is 14.2 Å². The summed E-state index contributed by atoms with van der Waals surface area (Å²) in [6, 6.07) is 5.13. The highest BCUT2D eigenvalue weighted by atomic mass is 32.2. The monoisotopic (exact) mass is 351 g/mol. The molecule has 2 N–H and O–H groups in total. The summed E-state index contributed by atoms with van der Waals surface area (Å²) in [7, 11) is 3.02. The topological polar surface area (TPSA) is 106 Å². The second-order valence-corrected chi connectivity index (χ2v) is 6.24. The van der Waals surface area contributed by atoms with Crippen molar-refractivity contribution >= 4 is 34.6 Å². The van der Waals surface area contributed by atoms with Gasteiger partial charge in [0.2, 0.25) is 0 Å². The van der Waals surface area contributed by atoms with Crippen LogP contribution >= 0.6 is 11.8 Å². The molecule has 0 aliphatic heterocycles. The van der Waals surface area contributed by atoms with Gasteiger partial charge in [0.25, 0.3) is 0 Å². The van der Waals surface area contributed by atoms with E-state index >= 15 is 0 Å². The molecule has 0 unspecified atom stereocenters. The molecule has 24 heavy (non-hydrogen) atoms. The maximum Gasteiger partial charge on any atom is 0.317 e. The lowest BCUT2D eigenvalue weighted by Gasteiger charge is -2.16. The minimum absolute atomic E-state index is 0.491. The van der Waals surface area contributed by atoms with E-state index in [-0.39, 0.29) is 0 Å². The number of thioether (sulfide) groups is 1. The van der Waals surface area contributed by atoms with Gasteiger partial charge >= 0.3 is 11.9 Å². The maximum absolute atomic E-state index is 11.4. The summed E-state index contributed by atoms with van der Waals surface area (Å²) in [6.45, 7) is 1.77. The van der Waals surface area contributed by atoms with E-state index in [0.29, 0.717) is 33.0 Å². The Hall–Kier alpha value is -2.48. The number of fused-ring (bicyclic) bond motifs is 1. The summed E-state index contributed by atoms with van der Waals surface area (Å²) in [5, 5.41) is 17.7. The first-order valence-corrected chi connectivity index (χ1v) is 7.89. The number of hydrogen-bond acceptors (Lipinski definition) is 6. The average Bonchev–Trinajstić information content (AvgIpc) is 2.52. The van der Waals surface area contributed by atoms with Crippen molar-refractivity contribution in [3.63, 3.8) is 0 Å². The molecule has 0 bridgehead atoms. The largest absolute Gasteiger partial charge is 0.496 e. The number of pyridine rings is 1. The van der Waals surface area contributed by atoms with Crippen molar-refractivity contribution in [3.8, 4) is 11.5 Å². The minimum atomic E-state index is -1.19. The molecule has 8 heteroatoms. The second kappa shape index (κ2) is 7.39. The molecule has 0 saturated carbocycles. The third-order valence-corrected chi connectivity index (χ3v) is 4.55. The molecular weight excluding hydrogens is 334 g/mol. The van der Waals surface area contributed by atoms with E-state index in [2.05, 4.69) is 4.98 Å². The van der Waals surface area contributed by atoms with Gasteiger partial charge in [-0.1, -0.05) is 0 Å². The molecule has 0 aliphatic rings. The van der Waals surface area contributed by atoms with Crippen molar-refractivity contribution in [2.24, 2.45) is 0 Å². The van der Waals surface area contributed by atoms with Crippen molar-refractivity contribution in [1.29, 1.82) is 0 Å². The minimum Gasteiger partial charge on any atom is -0.496 e. The van der Waals surface area contributed by atoms with Crippen molar-refractivity contribution in [3.05, 3.63) is 23.9 Å². The number of aromatic nitrogens is 1. The SMILES string of the molecule is COc1ccc(OC)c2c(S[C@@H](CC(=O)O)C(=O)O)cc(C)nc12. The summed E-state index contributed by atoms with van der Waals surface area (Å²) in [5.74, 6) is -1.32. The Morgan fingerprint density at radius 3 is 2.38 bits per heavy atom. The number of rotatable bonds is 7. The number of aryl methyl sites for hydroxylation is 1. The van der Waals surface area contributed by atoms with Gasteiger partial charge in [-0.25, -0.2) is 4.98 Å². The molecule has 0 aliphatic carbocycles. The van der Waals surface area contributed by atoms with Gasteiger partial charge in [-0.15, -0.1) is 11.8 Å². The van der Waals surface area contributed by atoms with Gasteiger partial charge in [0, 0.05) is 10.6 Å². The fraction of sp³-hybridized carbons (Fsp3) is 0.312. The van der Waals surface area contributed by atoms with Gasteiger partial charge < -0.3 is 19.7 Å². The molecule has 1 heterocycles. The van der Waals surface area contributed by atoms with Crippen molar-refractivity contribution < 1.29 is 29.3 Å². The summed E-state index contributed by atoms with van der Waals surface area (Å²) in [6.07, 6.45) is -0.491. The van der Waals surface area contributed by atoms with Gasteiger partial charge in [-0.2, -0.15) is 0 Å². The first-order valence-electron chi connectivity index (χ1n) is 7.01. The van der Waals surface area contributed by atoms with E-state index in [1.54, 1.807) is 25.1 Å². The highest BCUT2D eigenvalue weighted by Gasteiger charge is 2.25. The Bertz CT molecular complexity index is 792. The van der Waals surface area contributed by atoms with Crippen LogP contribution in [0.25, 0.3) is 10.9 Å². The molecule has 1 atom stereocenters. The first-order chi connectivity index (χ1) is 11.4. The maximum atomic E-state index is 11.4. The van der Waals surface area contributed by atoms with Gasteiger partial charge in [-0.05, 0) is 25.1 Å². The van der Waals surface area contributed by atoms with Gasteiger partial charge in [-0.3, -0.25) is 9.59 Å². The quantitative estimate of drug-likeness (QED) is 0.733. The Morgan fingerprint density at radius 2 is 1.83 bits per heavy atom. The number of carboxylic acids is 2. The summed E-state index contributed by atoms with van der Waals surface area (Å²) in [5.41, 5.74) is 1.20. The second-order valence-electron chi connectivity index (χ2n) is 5.00. The molecule has 1 aromatic heterocycles. The van der Waals surface area contributed by atoms with Crippen LogP contribution in [0.4, 0.5) is 0 Å². The Balaban J connectivity index is 2.64. The van der Waals surface area contributed by atoms with E-state index in [4.69, 9.17) is 14.6 Å². The molecular formula is C16H17NO6S. The van der Waals surface area contributed by atoms with Crippen molar-refractivity contribution in [1.82, 2.24) is 4.98 Å². The number of nitrogens with zero attached hydrogens (tertiary/aromatic N) is 1. The zero-order valence-corrected chi connectivity index (χ0v) is 14.2. The Morgan fingerprint density at radius 1 is 1.21 bits per heavy atom. The van der Waals surface area contributed by atoms with Crippen LogP contribution in [-0.2, 0) is 9.59 Å². The van der Waals surface area contributed by atoms with Crippen LogP contribution < -0.4 is 9.47 Å². The molecule has 1 aromatic carbocycles. The number of aliphatic carboxylic acids is 2. The molecule has 0 radical (unpaired) electrons. The van der Waals surface area contributed by atoms with Crippen LogP contribution in [-0.4, -0.2) is 46.6 Å². The number of ether oxygens (including phenoxy) is 2. The third-order valence-electron chi connectivity index (χ3n) is 3.32. The van der Waals surface area contributed by atoms with Crippen LogP contribution in [0.1, 0.15) is 12.1 Å². The lowest BCUT2D eigenvalue weighted by molar-refractivity contribution is -0.142. The fourth-order valence-electron chi connectivity index (χ4n) is 2.29. The van der Waals surface area contributed by atoms with Gasteiger partial charge in [0.1, 0.15) is 22.3 Å². The summed E-state index contributed by atoms with van der Waals surface area (Å²) >= 11 is 0.962. The zero-order valence-electron chi connectivity index (χ0n) is 13.4. The number of hydrogen-bond donors (Lipinski definition) is 2.